The molecule has 0 saturated heterocycles. The van der Waals surface area contributed by atoms with E-state index in [0.29, 0.717) is 0 Å². The Bertz CT molecular complexity index is 1100. The lowest BCUT2D eigenvalue weighted by Gasteiger charge is -1.96. The van der Waals surface area contributed by atoms with E-state index in [0.717, 1.165) is 31.7 Å². The minimum atomic E-state index is 0.0883. The highest BCUT2D eigenvalue weighted by Gasteiger charge is 2.05. The molecule has 2 aromatic carbocycles. The molecule has 26 heavy (non-hydrogen) atoms. The summed E-state index contributed by atoms with van der Waals surface area (Å²) in [6.07, 6.45) is 4.21. The standard InChI is InChI=1S/C20H16N4S2/c21-19(22)11-1-5-17-13(7-11)9-15(25-17)3-4-16-10-14-8-12(20(23)24)2-6-18(14)26-16/h1-10H,(H3,21,22)(H3,23,24)/b4-3+. The molecule has 4 rings (SSSR count). The summed E-state index contributed by atoms with van der Waals surface area (Å²) < 4.78 is 2.36. The van der Waals surface area contributed by atoms with Gasteiger partial charge >= 0.3 is 0 Å². The van der Waals surface area contributed by atoms with Crippen LogP contribution in [0, 0.1) is 10.8 Å². The van der Waals surface area contributed by atoms with Gasteiger partial charge in [0.1, 0.15) is 11.7 Å². The van der Waals surface area contributed by atoms with Crippen LogP contribution in [0.1, 0.15) is 20.9 Å². The van der Waals surface area contributed by atoms with Crippen LogP contribution >= 0.6 is 22.7 Å². The second kappa shape index (κ2) is 6.40. The van der Waals surface area contributed by atoms with Crippen LogP contribution in [0.2, 0.25) is 0 Å². The van der Waals surface area contributed by atoms with Crippen molar-refractivity contribution in [3.63, 3.8) is 0 Å². The molecule has 0 unspecified atom stereocenters. The Morgan fingerprint density at radius 1 is 0.692 bits per heavy atom. The number of fused-ring (bicyclic) bond motifs is 2. The molecule has 0 saturated carbocycles. The molecule has 4 aromatic rings. The molecule has 6 N–H and O–H groups in total. The summed E-state index contributed by atoms with van der Waals surface area (Å²) >= 11 is 3.42. The molecule has 2 heterocycles. The second-order valence-electron chi connectivity index (χ2n) is 5.96. The molecular formula is C20H16N4S2. The van der Waals surface area contributed by atoms with Crippen LogP contribution in [0.3, 0.4) is 0 Å². The zero-order valence-electron chi connectivity index (χ0n) is 13.7. The van der Waals surface area contributed by atoms with Gasteiger partial charge in [-0.1, -0.05) is 0 Å². The van der Waals surface area contributed by atoms with E-state index in [2.05, 4.69) is 24.3 Å². The maximum atomic E-state index is 7.55. The monoisotopic (exact) mass is 376 g/mol. The number of amidine groups is 2. The van der Waals surface area contributed by atoms with Crippen molar-refractivity contribution in [3.8, 4) is 0 Å². The third-order valence-electron chi connectivity index (χ3n) is 4.10. The van der Waals surface area contributed by atoms with Crippen molar-refractivity contribution < 1.29 is 0 Å². The topological polar surface area (TPSA) is 99.7 Å². The van der Waals surface area contributed by atoms with Crippen molar-refractivity contribution in [3.05, 3.63) is 69.4 Å². The first-order valence-corrected chi connectivity index (χ1v) is 9.57. The predicted molar refractivity (Wildman–Crippen MR) is 115 cm³/mol. The Kier molecular flexibility index (Phi) is 4.06. The first kappa shape index (κ1) is 16.5. The highest BCUT2D eigenvalue weighted by atomic mass is 32.1. The summed E-state index contributed by atoms with van der Waals surface area (Å²) in [7, 11) is 0. The van der Waals surface area contributed by atoms with Crippen molar-refractivity contribution in [2.45, 2.75) is 0 Å². The zero-order chi connectivity index (χ0) is 18.3. The Labute approximate surface area is 158 Å². The summed E-state index contributed by atoms with van der Waals surface area (Å²) in [6.45, 7) is 0. The number of nitrogen functional groups attached to an aromatic ring is 2. The van der Waals surface area contributed by atoms with Crippen molar-refractivity contribution in [2.24, 2.45) is 11.5 Å². The molecule has 128 valence electrons. The molecule has 2 aromatic heterocycles. The van der Waals surface area contributed by atoms with Gasteiger partial charge in [0.05, 0.1) is 0 Å². The lowest BCUT2D eigenvalue weighted by molar-refractivity contribution is 1.43. The van der Waals surface area contributed by atoms with E-state index in [-0.39, 0.29) is 11.7 Å². The maximum Gasteiger partial charge on any atom is 0.122 e. The fraction of sp³-hybridized carbons (Fsp3) is 0. The van der Waals surface area contributed by atoms with Crippen LogP contribution < -0.4 is 11.5 Å². The average Bonchev–Trinajstić information content (AvgIpc) is 3.21. The SMILES string of the molecule is N=C(N)c1ccc2sc(/C=C/c3cc4cc(C(=N)N)ccc4s3)cc2c1. The minimum Gasteiger partial charge on any atom is -0.384 e. The Hall–Kier alpha value is -2.96. The van der Waals surface area contributed by atoms with Gasteiger partial charge in [-0.25, -0.2) is 0 Å². The van der Waals surface area contributed by atoms with E-state index in [1.807, 2.05) is 36.4 Å². The molecular weight excluding hydrogens is 360 g/mol. The van der Waals surface area contributed by atoms with E-state index in [1.54, 1.807) is 22.7 Å². The first-order valence-electron chi connectivity index (χ1n) is 7.94. The summed E-state index contributed by atoms with van der Waals surface area (Å²) in [4.78, 5) is 2.31. The molecule has 6 heteroatoms. The predicted octanol–water partition coefficient (Wildman–Crippen LogP) is 4.85. The van der Waals surface area contributed by atoms with Gasteiger partial charge in [0, 0.05) is 30.3 Å². The lowest BCUT2D eigenvalue weighted by Crippen LogP contribution is -2.10. The summed E-state index contributed by atoms with van der Waals surface area (Å²) in [5.41, 5.74) is 12.6. The first-order chi connectivity index (χ1) is 12.5. The van der Waals surface area contributed by atoms with E-state index in [4.69, 9.17) is 22.3 Å². The van der Waals surface area contributed by atoms with Crippen LogP contribution in [-0.4, -0.2) is 11.7 Å². The van der Waals surface area contributed by atoms with Gasteiger partial charge in [-0.05, 0) is 71.5 Å². The average molecular weight is 377 g/mol. The van der Waals surface area contributed by atoms with Crippen molar-refractivity contribution in [2.75, 3.05) is 0 Å². The fourth-order valence-corrected chi connectivity index (χ4v) is 4.69. The van der Waals surface area contributed by atoms with Gasteiger partial charge < -0.3 is 11.5 Å². The normalized spacial score (nSPS) is 11.5. The number of rotatable bonds is 4. The van der Waals surface area contributed by atoms with Crippen LogP contribution in [0.15, 0.2) is 48.5 Å². The quantitative estimate of drug-likeness (QED) is 0.302. The van der Waals surface area contributed by atoms with Gasteiger partial charge in [0.25, 0.3) is 0 Å². The van der Waals surface area contributed by atoms with Gasteiger partial charge in [-0.15, -0.1) is 22.7 Å². The zero-order valence-corrected chi connectivity index (χ0v) is 15.4. The van der Waals surface area contributed by atoms with E-state index in [1.165, 1.54) is 9.40 Å². The van der Waals surface area contributed by atoms with E-state index >= 15 is 0 Å². The number of thiophene rings is 2. The molecule has 0 spiro atoms. The van der Waals surface area contributed by atoms with Gasteiger partial charge in [-0.3, -0.25) is 10.8 Å². The summed E-state index contributed by atoms with van der Waals surface area (Å²) in [6, 6.07) is 15.9. The van der Waals surface area contributed by atoms with E-state index < -0.39 is 0 Å². The van der Waals surface area contributed by atoms with Crippen molar-refractivity contribution in [1.29, 1.82) is 10.8 Å². The van der Waals surface area contributed by atoms with Crippen LogP contribution in [0.25, 0.3) is 32.3 Å². The summed E-state index contributed by atoms with van der Waals surface area (Å²) in [5.74, 6) is 0.177. The molecule has 0 fully saturated rings. The maximum absolute atomic E-state index is 7.55. The van der Waals surface area contributed by atoms with Crippen LogP contribution in [0.4, 0.5) is 0 Å². The van der Waals surface area contributed by atoms with Crippen molar-refractivity contribution >= 4 is 66.7 Å². The molecule has 0 radical (unpaired) electrons. The second-order valence-corrected chi connectivity index (χ2v) is 8.19. The lowest BCUT2D eigenvalue weighted by atomic mass is 10.1. The Balaban J connectivity index is 1.65. The third-order valence-corrected chi connectivity index (χ3v) is 6.27. The Morgan fingerprint density at radius 2 is 1.12 bits per heavy atom. The molecule has 0 amide bonds. The third kappa shape index (κ3) is 3.12. The number of nitrogens with two attached hydrogens (primary N) is 2. The van der Waals surface area contributed by atoms with Gasteiger partial charge in [0.2, 0.25) is 0 Å². The highest BCUT2D eigenvalue weighted by molar-refractivity contribution is 7.20. The molecule has 0 aliphatic heterocycles. The largest absolute Gasteiger partial charge is 0.384 e. The number of nitrogens with one attached hydrogen (secondary N) is 2. The van der Waals surface area contributed by atoms with Crippen LogP contribution in [-0.2, 0) is 0 Å². The molecule has 0 bridgehead atoms. The molecule has 0 atom stereocenters. The molecule has 0 aliphatic rings. The van der Waals surface area contributed by atoms with Crippen LogP contribution in [0.5, 0.6) is 0 Å². The highest BCUT2D eigenvalue weighted by Crippen LogP contribution is 2.31. The summed E-state index contributed by atoms with van der Waals surface area (Å²) in [5, 5.41) is 17.3. The number of hydrogen-bond donors (Lipinski definition) is 4. The molecule has 0 aliphatic carbocycles. The van der Waals surface area contributed by atoms with Gasteiger partial charge in [-0.2, -0.15) is 0 Å². The minimum absolute atomic E-state index is 0.0883. The van der Waals surface area contributed by atoms with E-state index in [9.17, 15) is 0 Å². The fourth-order valence-electron chi connectivity index (χ4n) is 2.79. The number of hydrogen-bond acceptors (Lipinski definition) is 4. The molecule has 4 nitrogen and oxygen atoms in total. The Morgan fingerprint density at radius 3 is 1.50 bits per heavy atom. The van der Waals surface area contributed by atoms with Crippen molar-refractivity contribution in [1.82, 2.24) is 0 Å². The smallest absolute Gasteiger partial charge is 0.122 e. The van der Waals surface area contributed by atoms with Gasteiger partial charge in [0.15, 0.2) is 0 Å². The number of benzene rings is 2.